The van der Waals surface area contributed by atoms with E-state index in [2.05, 4.69) is 19.1 Å². The molecule has 0 aromatic carbocycles. The smallest absolute Gasteiger partial charge is 0.283 e. The Morgan fingerprint density at radius 3 is 3.00 bits per heavy atom. The first-order valence-electron chi connectivity index (χ1n) is 4.23. The Bertz CT molecular complexity index is 348. The van der Waals surface area contributed by atoms with Gasteiger partial charge in [0.25, 0.3) is 0 Å². The molecule has 1 aromatic rings. The van der Waals surface area contributed by atoms with E-state index in [4.69, 9.17) is 4.52 Å². The topological polar surface area (TPSA) is 49.9 Å². The van der Waals surface area contributed by atoms with Crippen LogP contribution in [0.15, 0.2) is 9.32 Å². The molecule has 66 valence electrons. The lowest BCUT2D eigenvalue weighted by Gasteiger charge is -2.20. The summed E-state index contributed by atoms with van der Waals surface area (Å²) in [4.78, 5) is 11.3. The fourth-order valence-corrected chi connectivity index (χ4v) is 1.90. The number of hydrogen-bond donors (Lipinski definition) is 1. The van der Waals surface area contributed by atoms with Gasteiger partial charge in [-0.1, -0.05) is 4.68 Å². The summed E-state index contributed by atoms with van der Waals surface area (Å²) in [6.45, 7) is 5.01. The molecule has 12 heavy (non-hydrogen) atoms. The molecule has 0 saturated carbocycles. The molecule has 1 aliphatic rings. The van der Waals surface area contributed by atoms with E-state index in [-0.39, 0.29) is 11.0 Å². The molecule has 2 rings (SSSR count). The monoisotopic (exact) mass is 169 g/mol. The van der Waals surface area contributed by atoms with Gasteiger partial charge in [-0.3, -0.25) is 4.52 Å². The highest BCUT2D eigenvalue weighted by Gasteiger charge is 2.40. The van der Waals surface area contributed by atoms with Crippen LogP contribution in [0.4, 0.5) is 0 Å². The number of nitrogens with one attached hydrogen (secondary N) is 1. The van der Waals surface area contributed by atoms with Crippen LogP contribution in [0.1, 0.15) is 32.4 Å². The number of aromatic amines is 1. The Hall–Kier alpha value is -1.06. The van der Waals surface area contributed by atoms with Gasteiger partial charge in [-0.25, -0.2) is 4.79 Å². The summed E-state index contributed by atoms with van der Waals surface area (Å²) in [5.41, 5.74) is 0.507. The van der Waals surface area contributed by atoms with Gasteiger partial charge in [0.15, 0.2) is 6.54 Å². The summed E-state index contributed by atoms with van der Waals surface area (Å²) in [5.74, 6) is 0. The standard InChI is InChI=1S/C8H12N2O2/c1-8(2)4-3-5-10-6(8)7(11)12-9-10/h3-5H2,1-2H3/p+1. The molecular formula is C8H13N2O2+. The summed E-state index contributed by atoms with van der Waals surface area (Å²) in [6.07, 6.45) is 2.15. The Morgan fingerprint density at radius 2 is 2.33 bits per heavy atom. The maximum Gasteiger partial charge on any atom is 0.430 e. The minimum atomic E-state index is -0.222. The quantitative estimate of drug-likeness (QED) is 0.569. The highest BCUT2D eigenvalue weighted by atomic mass is 16.5. The summed E-state index contributed by atoms with van der Waals surface area (Å²) in [6, 6.07) is 0. The molecule has 0 amide bonds. The molecular weight excluding hydrogens is 156 g/mol. The van der Waals surface area contributed by atoms with Crippen LogP contribution in [0.2, 0.25) is 0 Å². The van der Waals surface area contributed by atoms with Gasteiger partial charge >= 0.3 is 11.3 Å². The predicted octanol–water partition coefficient (Wildman–Crippen LogP) is 0.327. The maximum absolute atomic E-state index is 11.3. The van der Waals surface area contributed by atoms with E-state index in [0.717, 1.165) is 25.1 Å². The van der Waals surface area contributed by atoms with Crippen molar-refractivity contribution in [3.05, 3.63) is 16.1 Å². The number of fused-ring (bicyclic) bond motifs is 1. The Kier molecular flexibility index (Phi) is 1.40. The molecule has 0 fully saturated rings. The molecule has 0 atom stereocenters. The molecule has 4 heteroatoms. The first-order valence-corrected chi connectivity index (χ1v) is 4.23. The van der Waals surface area contributed by atoms with E-state index in [1.54, 1.807) is 0 Å². The largest absolute Gasteiger partial charge is 0.430 e. The molecule has 1 aromatic heterocycles. The minimum absolute atomic E-state index is 0.0428. The van der Waals surface area contributed by atoms with Crippen LogP contribution in [-0.2, 0) is 12.0 Å². The van der Waals surface area contributed by atoms with Gasteiger partial charge in [-0.15, -0.1) is 0 Å². The van der Waals surface area contributed by atoms with Crippen molar-refractivity contribution in [2.24, 2.45) is 0 Å². The SMILES string of the molecule is CC1(C)CCC[n+]2[nH]oc(=O)c21. The van der Waals surface area contributed by atoms with Crippen LogP contribution in [0.5, 0.6) is 0 Å². The van der Waals surface area contributed by atoms with Gasteiger partial charge in [-0.2, -0.15) is 0 Å². The highest BCUT2D eigenvalue weighted by Crippen LogP contribution is 2.26. The van der Waals surface area contributed by atoms with Gasteiger partial charge in [0.1, 0.15) is 0 Å². The third-order valence-electron chi connectivity index (χ3n) is 2.54. The zero-order valence-electron chi connectivity index (χ0n) is 7.39. The lowest BCUT2D eigenvalue weighted by Crippen LogP contribution is -2.50. The average molecular weight is 169 g/mol. The van der Waals surface area contributed by atoms with E-state index < -0.39 is 0 Å². The third kappa shape index (κ3) is 0.906. The first kappa shape index (κ1) is 7.58. The van der Waals surface area contributed by atoms with Crippen molar-refractivity contribution in [1.82, 2.24) is 5.27 Å². The van der Waals surface area contributed by atoms with Gasteiger partial charge in [0, 0.05) is 6.42 Å². The zero-order valence-corrected chi connectivity index (χ0v) is 7.39. The Balaban J connectivity index is 2.63. The van der Waals surface area contributed by atoms with Crippen LogP contribution in [0.25, 0.3) is 0 Å². The summed E-state index contributed by atoms with van der Waals surface area (Å²) < 4.78 is 6.55. The van der Waals surface area contributed by atoms with Crippen LogP contribution in [0.3, 0.4) is 0 Å². The second kappa shape index (κ2) is 2.21. The molecule has 2 heterocycles. The van der Waals surface area contributed by atoms with Gasteiger partial charge in [0.2, 0.25) is 0 Å². The van der Waals surface area contributed by atoms with Crippen molar-refractivity contribution in [3.8, 4) is 0 Å². The molecule has 0 aliphatic carbocycles. The number of hydrogen-bond acceptors (Lipinski definition) is 2. The van der Waals surface area contributed by atoms with Crippen molar-refractivity contribution >= 4 is 0 Å². The summed E-state index contributed by atoms with van der Waals surface area (Å²) >= 11 is 0. The van der Waals surface area contributed by atoms with Crippen molar-refractivity contribution in [3.63, 3.8) is 0 Å². The number of aryl methyl sites for hydroxylation is 1. The normalized spacial score (nSPS) is 20.5. The molecule has 0 saturated heterocycles. The van der Waals surface area contributed by atoms with E-state index in [1.807, 2.05) is 4.68 Å². The fourth-order valence-electron chi connectivity index (χ4n) is 1.90. The lowest BCUT2D eigenvalue weighted by atomic mass is 9.82. The third-order valence-corrected chi connectivity index (χ3v) is 2.54. The van der Waals surface area contributed by atoms with Crippen molar-refractivity contribution in [2.45, 2.75) is 38.6 Å². The van der Waals surface area contributed by atoms with E-state index in [1.165, 1.54) is 0 Å². The van der Waals surface area contributed by atoms with E-state index >= 15 is 0 Å². The molecule has 1 aliphatic heterocycles. The second-order valence-electron chi connectivity index (χ2n) is 3.97. The number of rotatable bonds is 0. The molecule has 4 nitrogen and oxygen atoms in total. The Morgan fingerprint density at radius 1 is 1.58 bits per heavy atom. The number of H-pyrrole nitrogens is 1. The number of nitrogens with zero attached hydrogens (tertiary/aromatic N) is 1. The van der Waals surface area contributed by atoms with Crippen molar-refractivity contribution < 1.29 is 9.20 Å². The molecule has 0 spiro atoms. The molecule has 0 unspecified atom stereocenters. The summed E-state index contributed by atoms with van der Waals surface area (Å²) in [7, 11) is 0. The van der Waals surface area contributed by atoms with Crippen LogP contribution in [0, 0.1) is 0 Å². The molecule has 0 bridgehead atoms. The van der Waals surface area contributed by atoms with Crippen LogP contribution >= 0.6 is 0 Å². The Labute approximate surface area is 70.1 Å². The van der Waals surface area contributed by atoms with Gasteiger partial charge in [-0.05, 0) is 25.5 Å². The van der Waals surface area contributed by atoms with Crippen molar-refractivity contribution in [2.75, 3.05) is 0 Å². The van der Waals surface area contributed by atoms with E-state index in [9.17, 15) is 4.79 Å². The van der Waals surface area contributed by atoms with Gasteiger partial charge in [0.05, 0.1) is 5.41 Å². The van der Waals surface area contributed by atoms with Crippen molar-refractivity contribution in [1.29, 1.82) is 0 Å². The average Bonchev–Trinajstić information content (AvgIpc) is 2.32. The highest BCUT2D eigenvalue weighted by molar-refractivity contribution is 5.03. The maximum atomic E-state index is 11.3. The van der Waals surface area contributed by atoms with Crippen LogP contribution in [-0.4, -0.2) is 5.27 Å². The second-order valence-corrected chi connectivity index (χ2v) is 3.97. The number of aromatic nitrogens is 2. The van der Waals surface area contributed by atoms with E-state index in [0.29, 0.717) is 0 Å². The zero-order chi connectivity index (χ0) is 8.77. The predicted molar refractivity (Wildman–Crippen MR) is 41.8 cm³/mol. The van der Waals surface area contributed by atoms with Gasteiger partial charge < -0.3 is 0 Å². The minimum Gasteiger partial charge on any atom is -0.283 e. The lowest BCUT2D eigenvalue weighted by molar-refractivity contribution is -0.776. The first-order chi connectivity index (χ1) is 5.61. The van der Waals surface area contributed by atoms with Crippen LogP contribution < -0.4 is 10.3 Å². The fraction of sp³-hybridized carbons (Fsp3) is 0.750. The molecule has 1 N–H and O–H groups in total. The molecule has 0 radical (unpaired) electrons. The summed E-state index contributed by atoms with van der Waals surface area (Å²) in [5, 5.41) is 2.61.